The molecule has 2 N–H and O–H groups in total. The van der Waals surface area contributed by atoms with E-state index in [1.54, 1.807) is 18.3 Å². The Kier molecular flexibility index (Phi) is 4.55. The van der Waals surface area contributed by atoms with Crippen LogP contribution in [0.5, 0.6) is 0 Å². The van der Waals surface area contributed by atoms with Crippen LogP contribution in [0.15, 0.2) is 28.9 Å². The summed E-state index contributed by atoms with van der Waals surface area (Å²) in [6.45, 7) is 2.65. The smallest absolute Gasteiger partial charge is 0.224 e. The molecule has 1 aromatic heterocycles. The van der Waals surface area contributed by atoms with E-state index in [-0.39, 0.29) is 0 Å². The second-order valence-corrected chi connectivity index (χ2v) is 4.96. The number of nitrogens with zero attached hydrogens (tertiary/aromatic N) is 2. The van der Waals surface area contributed by atoms with Gasteiger partial charge in [-0.15, -0.1) is 0 Å². The van der Waals surface area contributed by atoms with Crippen LogP contribution in [0.25, 0.3) is 0 Å². The number of rotatable bonds is 4. The fraction of sp³-hybridized carbons (Fsp3) is 0.167. The van der Waals surface area contributed by atoms with Gasteiger partial charge in [0.2, 0.25) is 5.95 Å². The lowest BCUT2D eigenvalue weighted by molar-refractivity contribution is 0.632. The third-order valence-electron chi connectivity index (χ3n) is 2.26. The number of halogens is 3. The van der Waals surface area contributed by atoms with Gasteiger partial charge in [-0.1, -0.05) is 11.6 Å². The van der Waals surface area contributed by atoms with Gasteiger partial charge in [-0.05, 0) is 41.1 Å². The van der Waals surface area contributed by atoms with Crippen molar-refractivity contribution in [2.75, 3.05) is 17.2 Å². The number of benzene rings is 1. The molecule has 4 nitrogen and oxygen atoms in total. The maximum absolute atomic E-state index is 13.7. The van der Waals surface area contributed by atoms with E-state index < -0.39 is 5.82 Å². The summed E-state index contributed by atoms with van der Waals surface area (Å²) >= 11 is 9.02. The van der Waals surface area contributed by atoms with E-state index in [2.05, 4.69) is 36.5 Å². The van der Waals surface area contributed by atoms with Crippen LogP contribution in [0.1, 0.15) is 6.92 Å². The van der Waals surface area contributed by atoms with E-state index in [0.29, 0.717) is 33.5 Å². The molecule has 0 aliphatic rings. The summed E-state index contributed by atoms with van der Waals surface area (Å²) in [5, 5.41) is 6.23. The molecule has 2 aromatic rings. The van der Waals surface area contributed by atoms with Crippen molar-refractivity contribution < 1.29 is 4.39 Å². The van der Waals surface area contributed by atoms with E-state index in [4.69, 9.17) is 11.6 Å². The van der Waals surface area contributed by atoms with Crippen molar-refractivity contribution in [3.63, 3.8) is 0 Å². The van der Waals surface area contributed by atoms with Gasteiger partial charge in [-0.2, -0.15) is 4.98 Å². The molecule has 0 aliphatic heterocycles. The molecular weight excluding hydrogens is 335 g/mol. The lowest BCUT2D eigenvalue weighted by Gasteiger charge is -2.10. The molecule has 19 heavy (non-hydrogen) atoms. The van der Waals surface area contributed by atoms with Gasteiger partial charge >= 0.3 is 0 Å². The third kappa shape index (κ3) is 3.54. The summed E-state index contributed by atoms with van der Waals surface area (Å²) in [6.07, 6.45) is 1.60. The highest BCUT2D eigenvalue weighted by Gasteiger charge is 2.08. The van der Waals surface area contributed by atoms with Crippen LogP contribution in [0.4, 0.5) is 21.8 Å². The minimum absolute atomic E-state index is 0.297. The van der Waals surface area contributed by atoms with Crippen molar-refractivity contribution >= 4 is 45.0 Å². The number of nitrogens with one attached hydrogen (secondary N) is 2. The quantitative estimate of drug-likeness (QED) is 0.871. The van der Waals surface area contributed by atoms with E-state index in [1.807, 2.05) is 6.92 Å². The standard InChI is InChI=1S/C12H11BrClFN4/c1-2-16-12-17-6-8(13)11(19-12)18-10-4-3-7(14)5-9(10)15/h3-6H,2H2,1H3,(H2,16,17,18,19). The van der Waals surface area contributed by atoms with E-state index >= 15 is 0 Å². The molecule has 0 saturated heterocycles. The summed E-state index contributed by atoms with van der Waals surface area (Å²) in [7, 11) is 0. The fourth-order valence-electron chi connectivity index (χ4n) is 1.42. The average Bonchev–Trinajstić information content (AvgIpc) is 2.37. The Morgan fingerprint density at radius 1 is 1.42 bits per heavy atom. The monoisotopic (exact) mass is 344 g/mol. The Morgan fingerprint density at radius 3 is 2.89 bits per heavy atom. The Morgan fingerprint density at radius 2 is 2.21 bits per heavy atom. The second-order valence-electron chi connectivity index (χ2n) is 3.67. The van der Waals surface area contributed by atoms with E-state index in [0.717, 1.165) is 0 Å². The lowest BCUT2D eigenvalue weighted by Crippen LogP contribution is -2.05. The molecule has 0 fully saturated rings. The van der Waals surface area contributed by atoms with Gasteiger partial charge in [0.1, 0.15) is 11.6 Å². The molecule has 1 aromatic carbocycles. The number of hydrogen-bond acceptors (Lipinski definition) is 4. The van der Waals surface area contributed by atoms with Crippen LogP contribution in [-0.2, 0) is 0 Å². The molecule has 2 rings (SSSR count). The summed E-state index contributed by atoms with van der Waals surface area (Å²) in [4.78, 5) is 8.32. The summed E-state index contributed by atoms with van der Waals surface area (Å²) in [6, 6.07) is 4.40. The second kappa shape index (κ2) is 6.16. The highest BCUT2D eigenvalue weighted by atomic mass is 79.9. The van der Waals surface area contributed by atoms with Gasteiger partial charge in [0.05, 0.1) is 10.2 Å². The minimum Gasteiger partial charge on any atom is -0.354 e. The normalized spacial score (nSPS) is 10.3. The molecule has 100 valence electrons. The van der Waals surface area contributed by atoms with Crippen LogP contribution in [0, 0.1) is 5.82 Å². The van der Waals surface area contributed by atoms with Gasteiger partial charge in [-0.3, -0.25) is 0 Å². The zero-order valence-electron chi connectivity index (χ0n) is 10.0. The van der Waals surface area contributed by atoms with E-state index in [9.17, 15) is 4.39 Å². The van der Waals surface area contributed by atoms with Crippen LogP contribution in [0.2, 0.25) is 5.02 Å². The first-order valence-electron chi connectivity index (χ1n) is 5.58. The first-order valence-corrected chi connectivity index (χ1v) is 6.75. The summed E-state index contributed by atoms with van der Waals surface area (Å²) in [5.41, 5.74) is 0.297. The van der Waals surface area contributed by atoms with Gasteiger partial charge in [0.25, 0.3) is 0 Å². The lowest BCUT2D eigenvalue weighted by atomic mass is 10.3. The van der Waals surface area contributed by atoms with Gasteiger partial charge in [0, 0.05) is 17.8 Å². The van der Waals surface area contributed by atoms with Gasteiger partial charge in [0.15, 0.2) is 0 Å². The molecule has 0 bridgehead atoms. The zero-order chi connectivity index (χ0) is 13.8. The largest absolute Gasteiger partial charge is 0.354 e. The maximum atomic E-state index is 13.7. The van der Waals surface area contributed by atoms with Crippen molar-refractivity contribution in [3.05, 3.63) is 39.7 Å². The number of anilines is 3. The summed E-state index contributed by atoms with van der Waals surface area (Å²) in [5.74, 6) is 0.512. The SMILES string of the molecule is CCNc1ncc(Br)c(Nc2ccc(Cl)cc2F)n1. The van der Waals surface area contributed by atoms with Crippen molar-refractivity contribution in [1.82, 2.24) is 9.97 Å². The third-order valence-corrected chi connectivity index (χ3v) is 3.08. The molecule has 7 heteroatoms. The van der Waals surface area contributed by atoms with Crippen LogP contribution in [0.3, 0.4) is 0 Å². The Balaban J connectivity index is 2.29. The molecule has 0 atom stereocenters. The zero-order valence-corrected chi connectivity index (χ0v) is 12.4. The molecule has 1 heterocycles. The predicted octanol–water partition coefficient (Wildman–Crippen LogP) is 4.21. The average molecular weight is 346 g/mol. The van der Waals surface area contributed by atoms with Crippen molar-refractivity contribution in [1.29, 1.82) is 0 Å². The van der Waals surface area contributed by atoms with Crippen molar-refractivity contribution in [2.45, 2.75) is 6.92 Å². The Labute approximate surface area is 123 Å². The summed E-state index contributed by atoms with van der Waals surface area (Å²) < 4.78 is 14.3. The molecule has 0 spiro atoms. The molecule has 0 radical (unpaired) electrons. The van der Waals surface area contributed by atoms with Gasteiger partial charge in [-0.25, -0.2) is 9.37 Å². The fourth-order valence-corrected chi connectivity index (χ4v) is 1.87. The van der Waals surface area contributed by atoms with Crippen molar-refractivity contribution in [3.8, 4) is 0 Å². The Bertz CT molecular complexity index is 594. The molecule has 0 amide bonds. The first-order chi connectivity index (χ1) is 9.10. The highest BCUT2D eigenvalue weighted by molar-refractivity contribution is 9.10. The van der Waals surface area contributed by atoms with Crippen LogP contribution < -0.4 is 10.6 Å². The van der Waals surface area contributed by atoms with Crippen LogP contribution in [-0.4, -0.2) is 16.5 Å². The Hall–Kier alpha value is -1.40. The number of aromatic nitrogens is 2. The maximum Gasteiger partial charge on any atom is 0.224 e. The highest BCUT2D eigenvalue weighted by Crippen LogP contribution is 2.27. The molecule has 0 aliphatic carbocycles. The van der Waals surface area contributed by atoms with Gasteiger partial charge < -0.3 is 10.6 Å². The van der Waals surface area contributed by atoms with Crippen molar-refractivity contribution in [2.24, 2.45) is 0 Å². The van der Waals surface area contributed by atoms with Crippen LogP contribution >= 0.6 is 27.5 Å². The molecule has 0 saturated carbocycles. The molecular formula is C12H11BrClFN4. The predicted molar refractivity (Wildman–Crippen MR) is 78.6 cm³/mol. The van der Waals surface area contributed by atoms with E-state index in [1.165, 1.54) is 6.07 Å². The molecule has 0 unspecified atom stereocenters. The minimum atomic E-state index is -0.442. The first kappa shape index (κ1) is 14.0. The topological polar surface area (TPSA) is 49.8 Å². The number of hydrogen-bond donors (Lipinski definition) is 2.